The normalized spacial score (nSPS) is 11.8. The lowest BCUT2D eigenvalue weighted by molar-refractivity contribution is 0.602. The van der Waals surface area contributed by atoms with Crippen LogP contribution < -0.4 is 4.74 Å². The lowest BCUT2D eigenvalue weighted by atomic mass is 10.8. The highest BCUT2D eigenvalue weighted by molar-refractivity contribution is 7.96. The number of halogens is 2. The van der Waals surface area contributed by atoms with Gasteiger partial charge in [0.1, 0.15) is 10.2 Å². The molecule has 1 aromatic rings. The molecule has 0 aliphatic heterocycles. The van der Waals surface area contributed by atoms with Crippen molar-refractivity contribution >= 4 is 53.7 Å². The number of hydrogen-bond donors (Lipinski definition) is 0. The third-order valence-corrected chi connectivity index (χ3v) is 6.92. The van der Waals surface area contributed by atoms with Crippen LogP contribution in [-0.2, 0) is 9.84 Å². The van der Waals surface area contributed by atoms with Crippen molar-refractivity contribution in [1.82, 2.24) is 0 Å². The Morgan fingerprint density at radius 3 is 2.25 bits per heavy atom. The van der Waals surface area contributed by atoms with Gasteiger partial charge >= 0.3 is 0 Å². The van der Waals surface area contributed by atoms with Gasteiger partial charge in [-0.25, -0.2) is 8.42 Å². The molecule has 0 amide bonds. The molecule has 1 aromatic heterocycles. The Morgan fingerprint density at radius 2 is 1.92 bits per heavy atom. The molecule has 0 fully saturated rings. The molecule has 0 aliphatic rings. The Kier molecular flexibility index (Phi) is 3.16. The Bertz CT molecular complexity index is 429. The fourth-order valence-electron chi connectivity index (χ4n) is 0.470. The van der Waals surface area contributed by atoms with Crippen LogP contribution in [0.3, 0.4) is 0 Å². The summed E-state index contributed by atoms with van der Waals surface area (Å²) >= 11 is 10.6. The van der Waals surface area contributed by atoms with E-state index >= 15 is 0 Å². The predicted molar refractivity (Wildman–Crippen MR) is 51.4 cm³/mol. The van der Waals surface area contributed by atoms with Crippen molar-refractivity contribution in [3.63, 3.8) is 0 Å². The second kappa shape index (κ2) is 3.63. The van der Waals surface area contributed by atoms with Gasteiger partial charge < -0.3 is 0 Å². The topological polar surface area (TPSA) is 51.2 Å². The highest BCUT2D eigenvalue weighted by Crippen LogP contribution is 2.27. The second-order valence-electron chi connectivity index (χ2n) is 1.78. The maximum Gasteiger partial charge on any atom is 0.262 e. The monoisotopic (exact) mass is 264 g/mol. The van der Waals surface area contributed by atoms with E-state index in [2.05, 4.69) is 0 Å². The van der Waals surface area contributed by atoms with E-state index in [0.29, 0.717) is 0 Å². The van der Waals surface area contributed by atoms with Crippen molar-refractivity contribution in [2.75, 3.05) is 5.21 Å². The van der Waals surface area contributed by atoms with Crippen molar-refractivity contribution in [2.45, 2.75) is 4.21 Å². The van der Waals surface area contributed by atoms with Gasteiger partial charge in [-0.3, -0.25) is 4.79 Å². The summed E-state index contributed by atoms with van der Waals surface area (Å²) < 4.78 is 21.6. The molecule has 0 aromatic carbocycles. The number of rotatable bonds is 2. The highest BCUT2D eigenvalue weighted by atomic mass is 35.5. The summed E-state index contributed by atoms with van der Waals surface area (Å²) in [7, 11) is -1.92. The molecule has 0 saturated heterocycles. The molecule has 3 nitrogen and oxygen atoms in total. The molecule has 1 heterocycles. The number of sulfone groups is 1. The Balaban J connectivity index is 3.40. The number of hydrogen-bond acceptors (Lipinski definition) is 5. The molecule has 8 heteroatoms. The summed E-state index contributed by atoms with van der Waals surface area (Å²) in [5.41, 5.74) is 0. The van der Waals surface area contributed by atoms with Crippen LogP contribution >= 0.6 is 43.9 Å². The fourth-order valence-corrected chi connectivity index (χ4v) is 5.72. The summed E-state index contributed by atoms with van der Waals surface area (Å²) in [6.45, 7) is 0. The summed E-state index contributed by atoms with van der Waals surface area (Å²) in [5, 5.41) is -0.801. The van der Waals surface area contributed by atoms with Gasteiger partial charge in [0.2, 0.25) is 9.84 Å². The lowest BCUT2D eigenvalue weighted by Crippen LogP contribution is -2.02. The van der Waals surface area contributed by atoms with Crippen molar-refractivity contribution in [3.8, 4) is 0 Å². The van der Waals surface area contributed by atoms with E-state index in [1.54, 1.807) is 0 Å². The van der Waals surface area contributed by atoms with E-state index < -0.39 is 19.8 Å². The smallest absolute Gasteiger partial charge is 0.262 e. The van der Waals surface area contributed by atoms with E-state index in [-0.39, 0.29) is 9.23 Å². The van der Waals surface area contributed by atoms with Crippen molar-refractivity contribution < 1.29 is 8.42 Å². The van der Waals surface area contributed by atoms with Gasteiger partial charge in [-0.05, 0) is 10.3 Å². The zero-order chi connectivity index (χ0) is 9.35. The molecule has 68 valence electrons. The van der Waals surface area contributed by atoms with Crippen LogP contribution in [0, 0.1) is 0 Å². The van der Waals surface area contributed by atoms with Gasteiger partial charge in [-0.15, -0.1) is 11.6 Å². The molecule has 0 N–H and O–H groups in total. The fraction of sp³-hybridized carbons (Fsp3) is 0.250. The average Bonchev–Trinajstić information content (AvgIpc) is 2.33. The number of alkyl halides is 1. The van der Waals surface area contributed by atoms with Crippen molar-refractivity contribution in [3.05, 3.63) is 14.6 Å². The van der Waals surface area contributed by atoms with Gasteiger partial charge in [0, 0.05) is 0 Å². The summed E-state index contributed by atoms with van der Waals surface area (Å²) in [6.07, 6.45) is 0. The van der Waals surface area contributed by atoms with Gasteiger partial charge in [-0.2, -0.15) is 0 Å². The highest BCUT2D eigenvalue weighted by Gasteiger charge is 2.21. The maximum absolute atomic E-state index is 11.1. The Morgan fingerprint density at radius 1 is 1.33 bits per heavy atom. The first-order valence-electron chi connectivity index (χ1n) is 2.56. The molecule has 0 unspecified atom stereocenters. The SMILES string of the molecule is O=c1ssc(S(=O)(=O)CCl)c1Cl. The van der Waals surface area contributed by atoms with E-state index in [1.807, 2.05) is 0 Å². The van der Waals surface area contributed by atoms with Crippen LogP contribution in [0.15, 0.2) is 9.00 Å². The summed E-state index contributed by atoms with van der Waals surface area (Å²) in [5.74, 6) is 0. The molecule has 0 atom stereocenters. The van der Waals surface area contributed by atoms with E-state index in [1.165, 1.54) is 0 Å². The van der Waals surface area contributed by atoms with E-state index in [9.17, 15) is 13.2 Å². The van der Waals surface area contributed by atoms with Gasteiger partial charge in [0.15, 0.2) is 4.21 Å². The van der Waals surface area contributed by atoms with Gasteiger partial charge in [0.25, 0.3) is 4.74 Å². The van der Waals surface area contributed by atoms with E-state index in [4.69, 9.17) is 23.2 Å². The average molecular weight is 265 g/mol. The first-order chi connectivity index (χ1) is 5.49. The molecule has 0 bridgehead atoms. The minimum absolute atomic E-state index is 0.130. The van der Waals surface area contributed by atoms with E-state index in [0.717, 1.165) is 20.7 Å². The standard InChI is InChI=1S/C4H2Cl2O3S3/c5-1-12(8,9)4-2(6)3(7)10-11-4/h1H2. The van der Waals surface area contributed by atoms with Crippen LogP contribution in [0.5, 0.6) is 0 Å². The van der Waals surface area contributed by atoms with Gasteiger partial charge in [0.05, 0.1) is 0 Å². The molecule has 0 aliphatic carbocycles. The molecule has 12 heavy (non-hydrogen) atoms. The molecular formula is C4H2Cl2O3S3. The van der Waals surface area contributed by atoms with Crippen LogP contribution in [0.2, 0.25) is 5.02 Å². The lowest BCUT2D eigenvalue weighted by Gasteiger charge is -1.92. The first-order valence-corrected chi connectivity index (χ1v) is 7.28. The molecule has 0 radical (unpaired) electrons. The molecule has 1 rings (SSSR count). The summed E-state index contributed by atoms with van der Waals surface area (Å²) in [4.78, 5) is 10.8. The zero-order valence-electron chi connectivity index (χ0n) is 5.41. The maximum atomic E-state index is 11.1. The second-order valence-corrected chi connectivity index (χ2v) is 7.04. The molecule has 0 spiro atoms. The van der Waals surface area contributed by atoms with Crippen molar-refractivity contribution in [1.29, 1.82) is 0 Å². The largest absolute Gasteiger partial charge is 0.275 e. The molecular weight excluding hydrogens is 263 g/mol. The minimum Gasteiger partial charge on any atom is -0.275 e. The van der Waals surface area contributed by atoms with Crippen LogP contribution in [0.1, 0.15) is 0 Å². The van der Waals surface area contributed by atoms with Crippen molar-refractivity contribution in [2.24, 2.45) is 0 Å². The molecule has 0 saturated carbocycles. The Hall–Kier alpha value is 0.380. The van der Waals surface area contributed by atoms with Crippen LogP contribution in [0.25, 0.3) is 0 Å². The van der Waals surface area contributed by atoms with Crippen LogP contribution in [0.4, 0.5) is 0 Å². The predicted octanol–water partition coefficient (Wildman–Crippen LogP) is 1.79. The van der Waals surface area contributed by atoms with Gasteiger partial charge in [-0.1, -0.05) is 21.9 Å². The quantitative estimate of drug-likeness (QED) is 0.605. The third kappa shape index (κ3) is 1.82. The minimum atomic E-state index is -3.55. The third-order valence-electron chi connectivity index (χ3n) is 0.978. The summed E-state index contributed by atoms with van der Waals surface area (Å²) in [6, 6.07) is 0. The first kappa shape index (κ1) is 10.5. The Labute approximate surface area is 85.9 Å². The zero-order valence-corrected chi connectivity index (χ0v) is 9.37. The van der Waals surface area contributed by atoms with Crippen LogP contribution in [-0.4, -0.2) is 13.6 Å².